The molecule has 0 saturated carbocycles. The van der Waals surface area contributed by atoms with Gasteiger partial charge in [0.2, 0.25) is 11.7 Å². The zero-order valence-corrected chi connectivity index (χ0v) is 18.9. The van der Waals surface area contributed by atoms with E-state index in [2.05, 4.69) is 11.4 Å². The third-order valence-corrected chi connectivity index (χ3v) is 5.64. The van der Waals surface area contributed by atoms with Gasteiger partial charge in [0.05, 0.1) is 27.8 Å². The van der Waals surface area contributed by atoms with Crippen molar-refractivity contribution in [3.63, 3.8) is 0 Å². The van der Waals surface area contributed by atoms with Crippen LogP contribution in [0.1, 0.15) is 21.5 Å². The molecule has 0 unspecified atom stereocenters. The minimum absolute atomic E-state index is 0.0461. The molecule has 1 aliphatic rings. The molecular weight excluding hydrogens is 420 g/mol. The molecule has 170 valence electrons. The molecule has 0 fully saturated rings. The Balaban J connectivity index is 1.42. The van der Waals surface area contributed by atoms with Crippen molar-refractivity contribution in [1.29, 1.82) is 0 Å². The summed E-state index contributed by atoms with van der Waals surface area (Å²) in [5.74, 6) is 1.22. The minimum atomic E-state index is -0.197. The Morgan fingerprint density at radius 2 is 1.58 bits per heavy atom. The van der Waals surface area contributed by atoms with Crippen LogP contribution in [0.25, 0.3) is 0 Å². The Hall–Kier alpha value is -4.00. The normalized spacial score (nSPS) is 12.2. The van der Waals surface area contributed by atoms with Gasteiger partial charge in [-0.2, -0.15) is 0 Å². The van der Waals surface area contributed by atoms with E-state index in [1.54, 1.807) is 41.3 Å². The fourth-order valence-corrected chi connectivity index (χ4v) is 4.03. The van der Waals surface area contributed by atoms with Gasteiger partial charge in [-0.3, -0.25) is 9.59 Å². The van der Waals surface area contributed by atoms with Crippen LogP contribution in [0.15, 0.2) is 60.7 Å². The minimum Gasteiger partial charge on any atom is -0.493 e. The summed E-state index contributed by atoms with van der Waals surface area (Å²) in [6.07, 6.45) is 0.985. The fourth-order valence-electron chi connectivity index (χ4n) is 4.03. The molecule has 1 N–H and O–H groups in total. The lowest BCUT2D eigenvalue weighted by molar-refractivity contribution is -0.115. The van der Waals surface area contributed by atoms with E-state index in [0.29, 0.717) is 35.0 Å². The number of methoxy groups -OCH3 is 3. The molecule has 0 spiro atoms. The first kappa shape index (κ1) is 22.2. The van der Waals surface area contributed by atoms with Gasteiger partial charge in [0, 0.05) is 23.5 Å². The zero-order valence-electron chi connectivity index (χ0n) is 18.9. The molecule has 2 amide bonds. The van der Waals surface area contributed by atoms with Crippen LogP contribution in [0.5, 0.6) is 17.2 Å². The first-order chi connectivity index (χ1) is 16.0. The van der Waals surface area contributed by atoms with Crippen molar-refractivity contribution >= 4 is 23.2 Å². The maximum atomic E-state index is 13.0. The molecule has 7 heteroatoms. The number of para-hydroxylation sites is 1. The van der Waals surface area contributed by atoms with Gasteiger partial charge in [0.25, 0.3) is 5.91 Å². The molecule has 4 rings (SSSR count). The van der Waals surface area contributed by atoms with Crippen molar-refractivity contribution in [1.82, 2.24) is 0 Å². The fraction of sp³-hybridized carbons (Fsp3) is 0.231. The molecule has 1 heterocycles. The highest BCUT2D eigenvalue weighted by atomic mass is 16.5. The lowest BCUT2D eigenvalue weighted by atomic mass is 10.1. The number of benzene rings is 3. The van der Waals surface area contributed by atoms with Gasteiger partial charge in [-0.15, -0.1) is 0 Å². The van der Waals surface area contributed by atoms with Gasteiger partial charge in [0.1, 0.15) is 0 Å². The number of nitrogens with zero attached hydrogens (tertiary/aromatic N) is 1. The van der Waals surface area contributed by atoms with Crippen molar-refractivity contribution < 1.29 is 23.8 Å². The standard InChI is InChI=1S/C26H26N2O5/c1-31-22-14-17(15-23(32-2)25(22)33-3)16-24(29)27-20-10-8-19(9-11-20)26(30)28-13-12-18-6-4-5-7-21(18)28/h4-11,14-15H,12-13,16H2,1-3H3,(H,27,29). The summed E-state index contributed by atoms with van der Waals surface area (Å²) >= 11 is 0. The summed E-state index contributed by atoms with van der Waals surface area (Å²) in [5.41, 5.74) is 4.06. The van der Waals surface area contributed by atoms with Crippen LogP contribution in [0, 0.1) is 0 Å². The second-order valence-corrected chi connectivity index (χ2v) is 7.67. The first-order valence-corrected chi connectivity index (χ1v) is 10.6. The summed E-state index contributed by atoms with van der Waals surface area (Å²) in [7, 11) is 4.60. The lowest BCUT2D eigenvalue weighted by Gasteiger charge is -2.17. The highest BCUT2D eigenvalue weighted by Gasteiger charge is 2.25. The van der Waals surface area contributed by atoms with Gasteiger partial charge in [-0.05, 0) is 60.0 Å². The third-order valence-electron chi connectivity index (χ3n) is 5.64. The number of nitrogens with one attached hydrogen (secondary N) is 1. The van der Waals surface area contributed by atoms with E-state index in [4.69, 9.17) is 14.2 Å². The van der Waals surface area contributed by atoms with E-state index in [-0.39, 0.29) is 18.2 Å². The topological polar surface area (TPSA) is 77.1 Å². The molecule has 3 aromatic carbocycles. The summed E-state index contributed by atoms with van der Waals surface area (Å²) in [5, 5.41) is 2.87. The molecule has 0 saturated heterocycles. The number of fused-ring (bicyclic) bond motifs is 1. The molecule has 0 aromatic heterocycles. The maximum Gasteiger partial charge on any atom is 0.258 e. The number of ether oxygens (including phenoxy) is 3. The smallest absolute Gasteiger partial charge is 0.258 e. The Kier molecular flexibility index (Phi) is 6.49. The Labute approximate surface area is 192 Å². The number of hydrogen-bond donors (Lipinski definition) is 1. The molecule has 33 heavy (non-hydrogen) atoms. The molecule has 0 atom stereocenters. The Bertz CT molecular complexity index is 1150. The predicted octanol–water partition coefficient (Wildman–Crippen LogP) is 4.10. The summed E-state index contributed by atoms with van der Waals surface area (Å²) in [6, 6.07) is 18.4. The van der Waals surface area contributed by atoms with E-state index >= 15 is 0 Å². The van der Waals surface area contributed by atoms with Crippen molar-refractivity contribution in [2.45, 2.75) is 12.8 Å². The van der Waals surface area contributed by atoms with Crippen molar-refractivity contribution in [3.05, 3.63) is 77.4 Å². The van der Waals surface area contributed by atoms with Crippen molar-refractivity contribution in [2.24, 2.45) is 0 Å². The number of carbonyl (C=O) groups is 2. The van der Waals surface area contributed by atoms with Crippen LogP contribution in [0.3, 0.4) is 0 Å². The number of amides is 2. The summed E-state index contributed by atoms with van der Waals surface area (Å²) in [6.45, 7) is 0.672. The van der Waals surface area contributed by atoms with Crippen LogP contribution in [-0.4, -0.2) is 39.7 Å². The molecule has 0 radical (unpaired) electrons. The number of rotatable bonds is 7. The van der Waals surface area contributed by atoms with Gasteiger partial charge in [0.15, 0.2) is 11.5 Å². The number of carbonyl (C=O) groups excluding carboxylic acids is 2. The molecule has 3 aromatic rings. The van der Waals surface area contributed by atoms with Gasteiger partial charge >= 0.3 is 0 Å². The second-order valence-electron chi connectivity index (χ2n) is 7.67. The number of anilines is 2. The number of hydrogen-bond acceptors (Lipinski definition) is 5. The molecule has 0 bridgehead atoms. The Morgan fingerprint density at radius 3 is 2.21 bits per heavy atom. The highest BCUT2D eigenvalue weighted by Crippen LogP contribution is 2.38. The molecule has 7 nitrogen and oxygen atoms in total. The van der Waals surface area contributed by atoms with Crippen LogP contribution in [0.4, 0.5) is 11.4 Å². The van der Waals surface area contributed by atoms with E-state index in [0.717, 1.165) is 17.7 Å². The lowest BCUT2D eigenvalue weighted by Crippen LogP contribution is -2.28. The van der Waals surface area contributed by atoms with Crippen LogP contribution >= 0.6 is 0 Å². The first-order valence-electron chi connectivity index (χ1n) is 10.6. The average Bonchev–Trinajstić information content (AvgIpc) is 3.27. The van der Waals surface area contributed by atoms with E-state index in [9.17, 15) is 9.59 Å². The second kappa shape index (κ2) is 9.65. The maximum absolute atomic E-state index is 13.0. The molecular formula is C26H26N2O5. The summed E-state index contributed by atoms with van der Waals surface area (Å²) in [4.78, 5) is 27.4. The van der Waals surface area contributed by atoms with Crippen LogP contribution in [0.2, 0.25) is 0 Å². The third kappa shape index (κ3) is 4.62. The van der Waals surface area contributed by atoms with E-state index in [1.165, 1.54) is 26.9 Å². The summed E-state index contributed by atoms with van der Waals surface area (Å²) < 4.78 is 16.0. The SMILES string of the molecule is COc1cc(CC(=O)Nc2ccc(C(=O)N3CCc4ccccc43)cc2)cc(OC)c1OC. The quantitative estimate of drug-likeness (QED) is 0.591. The molecule has 0 aliphatic carbocycles. The average molecular weight is 447 g/mol. The van der Waals surface area contributed by atoms with Gasteiger partial charge in [-0.1, -0.05) is 18.2 Å². The van der Waals surface area contributed by atoms with E-state index in [1.807, 2.05) is 18.2 Å². The van der Waals surface area contributed by atoms with Crippen LogP contribution < -0.4 is 24.4 Å². The predicted molar refractivity (Wildman–Crippen MR) is 127 cm³/mol. The molecule has 1 aliphatic heterocycles. The van der Waals surface area contributed by atoms with Crippen molar-refractivity contribution in [2.75, 3.05) is 38.1 Å². The van der Waals surface area contributed by atoms with Crippen molar-refractivity contribution in [3.8, 4) is 17.2 Å². The van der Waals surface area contributed by atoms with E-state index < -0.39 is 0 Å². The largest absolute Gasteiger partial charge is 0.493 e. The Morgan fingerprint density at radius 1 is 0.909 bits per heavy atom. The van der Waals surface area contributed by atoms with Gasteiger partial charge in [-0.25, -0.2) is 0 Å². The zero-order chi connectivity index (χ0) is 23.4. The monoisotopic (exact) mass is 446 g/mol. The van der Waals surface area contributed by atoms with Crippen LogP contribution in [-0.2, 0) is 17.6 Å². The highest BCUT2D eigenvalue weighted by molar-refractivity contribution is 6.07. The van der Waals surface area contributed by atoms with Gasteiger partial charge < -0.3 is 24.4 Å².